The predicted octanol–water partition coefficient (Wildman–Crippen LogP) is 2.81. The molecule has 0 radical (unpaired) electrons. The summed E-state index contributed by atoms with van der Waals surface area (Å²) in [5.41, 5.74) is 6.43. The fourth-order valence-corrected chi connectivity index (χ4v) is 3.26. The molecule has 1 aliphatic rings. The van der Waals surface area contributed by atoms with E-state index in [0.29, 0.717) is 41.7 Å². The van der Waals surface area contributed by atoms with E-state index in [1.54, 1.807) is 23.1 Å². The number of halogens is 2. The summed E-state index contributed by atoms with van der Waals surface area (Å²) in [4.78, 5) is 28.5. The smallest absolute Gasteiger partial charge is 0.271 e. The number of nitrogens with zero attached hydrogens (tertiary/aromatic N) is 1. The maximum absolute atomic E-state index is 12.6. The molecule has 2 amide bonds. The van der Waals surface area contributed by atoms with E-state index in [1.165, 1.54) is 0 Å². The van der Waals surface area contributed by atoms with E-state index >= 15 is 0 Å². The van der Waals surface area contributed by atoms with E-state index in [1.807, 2.05) is 0 Å². The van der Waals surface area contributed by atoms with Crippen molar-refractivity contribution >= 4 is 45.9 Å². The van der Waals surface area contributed by atoms with Gasteiger partial charge in [-0.15, -0.1) is 0 Å². The van der Waals surface area contributed by atoms with E-state index in [2.05, 4.69) is 4.98 Å². The first-order valence-electron chi connectivity index (χ1n) is 7.02. The number of nitrogens with one attached hydrogen (secondary N) is 1. The average Bonchev–Trinajstić information content (AvgIpc) is 2.83. The van der Waals surface area contributed by atoms with Crippen molar-refractivity contribution in [3.05, 3.63) is 33.9 Å². The summed E-state index contributed by atoms with van der Waals surface area (Å²) in [7, 11) is 0. The number of carbonyl (C=O) groups excluding carboxylic acids is 2. The van der Waals surface area contributed by atoms with Crippen LogP contribution in [0.15, 0.2) is 18.2 Å². The molecule has 1 aromatic carbocycles. The van der Waals surface area contributed by atoms with Gasteiger partial charge >= 0.3 is 0 Å². The number of nitrogens with two attached hydrogens (primary N) is 1. The van der Waals surface area contributed by atoms with Crippen LogP contribution in [-0.2, 0) is 4.79 Å². The van der Waals surface area contributed by atoms with Gasteiger partial charge < -0.3 is 15.6 Å². The zero-order chi connectivity index (χ0) is 15.9. The first kappa shape index (κ1) is 15.2. The molecule has 0 aliphatic carbocycles. The molecule has 2 aromatic rings. The number of piperidine rings is 1. The molecule has 1 saturated heterocycles. The Morgan fingerprint density at radius 2 is 1.91 bits per heavy atom. The number of likely N-dealkylation sites (tertiary alicyclic amines) is 1. The number of benzene rings is 1. The topological polar surface area (TPSA) is 79.2 Å². The number of aromatic amines is 1. The normalized spacial score (nSPS) is 16.2. The minimum absolute atomic E-state index is 0.152. The zero-order valence-electron chi connectivity index (χ0n) is 11.7. The Labute approximate surface area is 137 Å². The third-order valence-electron chi connectivity index (χ3n) is 4.10. The number of fused-ring (bicyclic) bond motifs is 1. The lowest BCUT2D eigenvalue weighted by Crippen LogP contribution is -2.41. The van der Waals surface area contributed by atoms with E-state index in [-0.39, 0.29) is 17.7 Å². The summed E-state index contributed by atoms with van der Waals surface area (Å²) < 4.78 is 0. The maximum Gasteiger partial charge on any atom is 0.271 e. The Morgan fingerprint density at radius 3 is 2.55 bits per heavy atom. The third-order valence-corrected chi connectivity index (χ3v) is 4.72. The third kappa shape index (κ3) is 2.66. The molecular formula is C15H15Cl2N3O2. The van der Waals surface area contributed by atoms with Crippen LogP contribution in [0.5, 0.6) is 0 Å². The molecule has 7 heteroatoms. The number of amides is 2. The number of aromatic nitrogens is 1. The number of hydrogen-bond acceptors (Lipinski definition) is 2. The van der Waals surface area contributed by atoms with Crippen molar-refractivity contribution < 1.29 is 9.59 Å². The lowest BCUT2D eigenvalue weighted by Gasteiger charge is -2.30. The minimum Gasteiger partial charge on any atom is -0.369 e. The monoisotopic (exact) mass is 339 g/mol. The summed E-state index contributed by atoms with van der Waals surface area (Å²) in [6.07, 6.45) is 1.18. The van der Waals surface area contributed by atoms with Gasteiger partial charge in [0.2, 0.25) is 5.91 Å². The summed E-state index contributed by atoms with van der Waals surface area (Å²) in [6.45, 7) is 0.998. The van der Waals surface area contributed by atoms with Crippen molar-refractivity contribution in [3.8, 4) is 0 Å². The lowest BCUT2D eigenvalue weighted by molar-refractivity contribution is -0.123. The molecule has 3 rings (SSSR count). The van der Waals surface area contributed by atoms with Crippen LogP contribution in [0.3, 0.4) is 0 Å². The molecule has 5 nitrogen and oxygen atoms in total. The SMILES string of the molecule is NC(=O)C1CCN(C(=O)c2[nH]c3ccc(Cl)cc3c2Cl)CC1. The number of hydrogen-bond donors (Lipinski definition) is 2. The molecule has 22 heavy (non-hydrogen) atoms. The first-order chi connectivity index (χ1) is 10.5. The van der Waals surface area contributed by atoms with Gasteiger partial charge in [-0.25, -0.2) is 0 Å². The van der Waals surface area contributed by atoms with Crippen molar-refractivity contribution in [3.63, 3.8) is 0 Å². The van der Waals surface area contributed by atoms with Gasteiger partial charge in [-0.1, -0.05) is 23.2 Å². The number of rotatable bonds is 2. The van der Waals surface area contributed by atoms with Crippen LogP contribution < -0.4 is 5.73 Å². The van der Waals surface area contributed by atoms with Gasteiger partial charge in [-0.05, 0) is 31.0 Å². The van der Waals surface area contributed by atoms with Crippen molar-refractivity contribution in [2.45, 2.75) is 12.8 Å². The van der Waals surface area contributed by atoms with Crippen molar-refractivity contribution in [1.29, 1.82) is 0 Å². The van der Waals surface area contributed by atoms with Gasteiger partial charge in [0.25, 0.3) is 5.91 Å². The van der Waals surface area contributed by atoms with E-state index < -0.39 is 0 Å². The Kier molecular flexibility index (Phi) is 4.02. The van der Waals surface area contributed by atoms with Crippen molar-refractivity contribution in [2.75, 3.05) is 13.1 Å². The fourth-order valence-electron chi connectivity index (χ4n) is 2.80. The van der Waals surface area contributed by atoms with E-state index in [9.17, 15) is 9.59 Å². The quantitative estimate of drug-likeness (QED) is 0.882. The highest BCUT2D eigenvalue weighted by Crippen LogP contribution is 2.31. The molecule has 116 valence electrons. The maximum atomic E-state index is 12.6. The molecule has 0 unspecified atom stereocenters. The number of carbonyl (C=O) groups is 2. The van der Waals surface area contributed by atoms with Crippen LogP contribution in [0.4, 0.5) is 0 Å². The van der Waals surface area contributed by atoms with Crippen LogP contribution in [0, 0.1) is 5.92 Å². The van der Waals surface area contributed by atoms with Crippen LogP contribution in [0.1, 0.15) is 23.3 Å². The molecule has 0 saturated carbocycles. The average molecular weight is 340 g/mol. The van der Waals surface area contributed by atoms with Crippen LogP contribution in [-0.4, -0.2) is 34.8 Å². The van der Waals surface area contributed by atoms with Crippen LogP contribution in [0.25, 0.3) is 10.9 Å². The molecule has 3 N–H and O–H groups in total. The van der Waals surface area contributed by atoms with Gasteiger partial charge in [0, 0.05) is 34.9 Å². The molecule has 2 heterocycles. The van der Waals surface area contributed by atoms with Gasteiger partial charge in [-0.2, -0.15) is 0 Å². The van der Waals surface area contributed by atoms with E-state index in [4.69, 9.17) is 28.9 Å². The molecule has 1 aromatic heterocycles. The molecule has 0 atom stereocenters. The Bertz CT molecular complexity index is 749. The highest BCUT2D eigenvalue weighted by atomic mass is 35.5. The Morgan fingerprint density at radius 1 is 1.23 bits per heavy atom. The van der Waals surface area contributed by atoms with Gasteiger partial charge in [-0.3, -0.25) is 9.59 Å². The number of primary amides is 1. The fraction of sp³-hybridized carbons (Fsp3) is 0.333. The van der Waals surface area contributed by atoms with Gasteiger partial charge in [0.1, 0.15) is 5.69 Å². The summed E-state index contributed by atoms with van der Waals surface area (Å²) in [5, 5.41) is 1.67. The van der Waals surface area contributed by atoms with E-state index in [0.717, 1.165) is 10.9 Å². The van der Waals surface area contributed by atoms with Crippen molar-refractivity contribution in [1.82, 2.24) is 9.88 Å². The second kappa shape index (κ2) is 5.82. The molecule has 1 aliphatic heterocycles. The summed E-state index contributed by atoms with van der Waals surface area (Å²) in [5.74, 6) is -0.619. The lowest BCUT2D eigenvalue weighted by atomic mass is 9.96. The van der Waals surface area contributed by atoms with Crippen LogP contribution >= 0.6 is 23.2 Å². The standard InChI is InChI=1S/C15H15Cl2N3O2/c16-9-1-2-11-10(7-9)12(17)13(19-11)15(22)20-5-3-8(4-6-20)14(18)21/h1-2,7-8,19H,3-6H2,(H2,18,21). The first-order valence-corrected chi connectivity index (χ1v) is 7.78. The molecular weight excluding hydrogens is 325 g/mol. The molecule has 1 fully saturated rings. The second-order valence-electron chi connectivity index (χ2n) is 5.47. The van der Waals surface area contributed by atoms with Gasteiger partial charge in [0.05, 0.1) is 5.02 Å². The van der Waals surface area contributed by atoms with Crippen molar-refractivity contribution in [2.24, 2.45) is 11.7 Å². The predicted molar refractivity (Wildman–Crippen MR) is 86.1 cm³/mol. The summed E-state index contributed by atoms with van der Waals surface area (Å²) >= 11 is 12.3. The minimum atomic E-state index is -0.301. The highest BCUT2D eigenvalue weighted by Gasteiger charge is 2.28. The zero-order valence-corrected chi connectivity index (χ0v) is 13.2. The summed E-state index contributed by atoms with van der Waals surface area (Å²) in [6, 6.07) is 5.26. The largest absolute Gasteiger partial charge is 0.369 e. The molecule has 0 spiro atoms. The molecule has 0 bridgehead atoms. The number of H-pyrrole nitrogens is 1. The van der Waals surface area contributed by atoms with Crippen LogP contribution in [0.2, 0.25) is 10.0 Å². The van der Waals surface area contributed by atoms with Gasteiger partial charge in [0.15, 0.2) is 0 Å². The second-order valence-corrected chi connectivity index (χ2v) is 6.29. The highest BCUT2D eigenvalue weighted by molar-refractivity contribution is 6.39. The Balaban J connectivity index is 1.84. The Hall–Kier alpha value is -1.72.